The lowest BCUT2D eigenvalue weighted by atomic mass is 9.56. The van der Waals surface area contributed by atoms with Crippen molar-refractivity contribution >= 4 is 17.7 Å². The molecule has 1 N–H and O–H groups in total. The number of ether oxygens (including phenoxy) is 1. The van der Waals surface area contributed by atoms with Crippen molar-refractivity contribution in [3.8, 4) is 0 Å². The number of ketones is 1. The van der Waals surface area contributed by atoms with E-state index in [-0.39, 0.29) is 29.6 Å². The van der Waals surface area contributed by atoms with Gasteiger partial charge in [0.25, 0.3) is 0 Å². The fourth-order valence-corrected chi connectivity index (χ4v) is 3.71. The maximum absolute atomic E-state index is 12.3. The van der Waals surface area contributed by atoms with Gasteiger partial charge in [0.05, 0.1) is 0 Å². The number of carboxylic acid groups (broad SMARTS) is 1. The van der Waals surface area contributed by atoms with Crippen LogP contribution in [0.3, 0.4) is 0 Å². The Labute approximate surface area is 130 Å². The number of carbonyl (C=O) groups is 3. The molecule has 22 heavy (non-hydrogen) atoms. The molecule has 2 aliphatic rings. The van der Waals surface area contributed by atoms with E-state index in [0.717, 1.165) is 5.57 Å². The zero-order chi connectivity index (χ0) is 16.7. The van der Waals surface area contributed by atoms with E-state index in [4.69, 9.17) is 9.84 Å². The Morgan fingerprint density at radius 2 is 2.09 bits per heavy atom. The van der Waals surface area contributed by atoms with Gasteiger partial charge in [-0.05, 0) is 24.3 Å². The Bertz CT molecular complexity index is 574. The SMILES string of the molecule is C=C(C(=O)O)C1CC=C2C(OC(C)=O)CC(=O)C(C)C2(C)C1. The summed E-state index contributed by atoms with van der Waals surface area (Å²) in [5.74, 6) is -1.79. The van der Waals surface area contributed by atoms with Crippen molar-refractivity contribution in [2.75, 3.05) is 0 Å². The molecule has 0 aliphatic heterocycles. The molecule has 0 spiro atoms. The standard InChI is InChI=1S/C17H22O5/c1-9(16(20)21)12-5-6-13-15(22-11(3)18)7-14(19)10(2)17(13,4)8-12/h6,10,12,15H,1,5,7-8H2,2-4H3,(H,20,21). The molecule has 4 atom stereocenters. The van der Waals surface area contributed by atoms with Crippen molar-refractivity contribution in [2.24, 2.45) is 17.3 Å². The van der Waals surface area contributed by atoms with E-state index >= 15 is 0 Å². The number of esters is 1. The average molecular weight is 306 g/mol. The Hall–Kier alpha value is -1.91. The van der Waals surface area contributed by atoms with Gasteiger partial charge in [0.15, 0.2) is 0 Å². The van der Waals surface area contributed by atoms with Crippen LogP contribution < -0.4 is 0 Å². The summed E-state index contributed by atoms with van der Waals surface area (Å²) in [6, 6.07) is 0. The van der Waals surface area contributed by atoms with E-state index in [1.165, 1.54) is 6.92 Å². The molecule has 0 amide bonds. The maximum Gasteiger partial charge on any atom is 0.331 e. The number of fused-ring (bicyclic) bond motifs is 1. The quantitative estimate of drug-likeness (QED) is 0.492. The van der Waals surface area contributed by atoms with Crippen LogP contribution in [0.5, 0.6) is 0 Å². The molecule has 5 nitrogen and oxygen atoms in total. The van der Waals surface area contributed by atoms with Gasteiger partial charge in [-0.25, -0.2) is 4.79 Å². The molecular formula is C17H22O5. The Morgan fingerprint density at radius 1 is 1.45 bits per heavy atom. The number of aliphatic carboxylic acids is 1. The minimum absolute atomic E-state index is 0.0486. The van der Waals surface area contributed by atoms with Crippen molar-refractivity contribution in [3.63, 3.8) is 0 Å². The van der Waals surface area contributed by atoms with E-state index in [2.05, 4.69) is 6.58 Å². The molecule has 1 fully saturated rings. The van der Waals surface area contributed by atoms with Crippen LogP contribution in [0.15, 0.2) is 23.8 Å². The minimum atomic E-state index is -1.00. The van der Waals surface area contributed by atoms with E-state index < -0.39 is 23.5 Å². The highest BCUT2D eigenvalue weighted by Gasteiger charge is 2.50. The molecule has 0 aromatic rings. The summed E-state index contributed by atoms with van der Waals surface area (Å²) in [5, 5.41) is 9.15. The van der Waals surface area contributed by atoms with Gasteiger partial charge in [0.1, 0.15) is 11.9 Å². The van der Waals surface area contributed by atoms with Gasteiger partial charge in [-0.2, -0.15) is 0 Å². The van der Waals surface area contributed by atoms with Crippen LogP contribution in [0.2, 0.25) is 0 Å². The smallest absolute Gasteiger partial charge is 0.331 e. The van der Waals surface area contributed by atoms with Gasteiger partial charge in [-0.3, -0.25) is 9.59 Å². The summed E-state index contributed by atoms with van der Waals surface area (Å²) in [6.07, 6.45) is 2.71. The molecule has 0 aromatic carbocycles. The van der Waals surface area contributed by atoms with E-state index in [1.54, 1.807) is 0 Å². The Balaban J connectivity index is 2.37. The lowest BCUT2D eigenvalue weighted by molar-refractivity contribution is -0.149. The topological polar surface area (TPSA) is 80.7 Å². The van der Waals surface area contributed by atoms with E-state index in [9.17, 15) is 14.4 Å². The van der Waals surface area contributed by atoms with Gasteiger partial charge in [0.2, 0.25) is 0 Å². The van der Waals surface area contributed by atoms with Crippen LogP contribution in [0.1, 0.15) is 40.0 Å². The highest BCUT2D eigenvalue weighted by molar-refractivity contribution is 5.87. The summed E-state index contributed by atoms with van der Waals surface area (Å²) < 4.78 is 5.32. The molecule has 0 aromatic heterocycles. The summed E-state index contributed by atoms with van der Waals surface area (Å²) in [7, 11) is 0. The van der Waals surface area contributed by atoms with Crippen LogP contribution >= 0.6 is 0 Å². The minimum Gasteiger partial charge on any atom is -0.478 e. The highest BCUT2D eigenvalue weighted by Crippen LogP contribution is 2.52. The fraction of sp³-hybridized carbons (Fsp3) is 0.588. The van der Waals surface area contributed by atoms with Crippen molar-refractivity contribution in [2.45, 2.75) is 46.1 Å². The van der Waals surface area contributed by atoms with E-state index in [0.29, 0.717) is 12.8 Å². The zero-order valence-electron chi connectivity index (χ0n) is 13.2. The van der Waals surface area contributed by atoms with Crippen LogP contribution in [0.4, 0.5) is 0 Å². The molecule has 120 valence electrons. The van der Waals surface area contributed by atoms with Crippen molar-refractivity contribution in [1.29, 1.82) is 0 Å². The second-order valence-corrected chi connectivity index (χ2v) is 6.53. The predicted octanol–water partition coefficient (Wildman–Crippen LogP) is 2.51. The first kappa shape index (κ1) is 16.5. The third-order valence-corrected chi connectivity index (χ3v) is 5.20. The summed E-state index contributed by atoms with van der Waals surface area (Å²) >= 11 is 0. The first-order valence-corrected chi connectivity index (χ1v) is 7.49. The molecule has 0 saturated heterocycles. The monoisotopic (exact) mass is 306 g/mol. The first-order chi connectivity index (χ1) is 10.2. The normalized spacial score (nSPS) is 34.4. The van der Waals surface area contributed by atoms with Gasteiger partial charge in [0, 0.05) is 30.3 Å². The van der Waals surface area contributed by atoms with Gasteiger partial charge < -0.3 is 9.84 Å². The molecule has 0 heterocycles. The van der Waals surface area contributed by atoms with Crippen LogP contribution in [0, 0.1) is 17.3 Å². The van der Waals surface area contributed by atoms with Gasteiger partial charge in [-0.15, -0.1) is 0 Å². The first-order valence-electron chi connectivity index (χ1n) is 7.49. The Kier molecular flexibility index (Phi) is 4.27. The molecular weight excluding hydrogens is 284 g/mol. The zero-order valence-corrected chi connectivity index (χ0v) is 13.2. The number of Topliss-reactive ketones (excluding diaryl/α,β-unsaturated/α-hetero) is 1. The number of carboxylic acids is 1. The maximum atomic E-state index is 12.3. The molecule has 2 aliphatic carbocycles. The fourth-order valence-electron chi connectivity index (χ4n) is 3.71. The van der Waals surface area contributed by atoms with Crippen LogP contribution in [-0.2, 0) is 19.1 Å². The lowest BCUT2D eigenvalue weighted by Crippen LogP contribution is -2.48. The summed E-state index contributed by atoms with van der Waals surface area (Å²) in [5.41, 5.74) is 0.631. The second kappa shape index (κ2) is 5.71. The molecule has 2 rings (SSSR count). The van der Waals surface area contributed by atoms with Crippen LogP contribution in [-0.4, -0.2) is 28.9 Å². The number of carbonyl (C=O) groups excluding carboxylic acids is 2. The number of rotatable bonds is 3. The van der Waals surface area contributed by atoms with Crippen LogP contribution in [0.25, 0.3) is 0 Å². The molecule has 0 radical (unpaired) electrons. The van der Waals surface area contributed by atoms with Crippen molar-refractivity contribution in [1.82, 2.24) is 0 Å². The van der Waals surface area contributed by atoms with Gasteiger partial charge in [-0.1, -0.05) is 26.5 Å². The summed E-state index contributed by atoms with van der Waals surface area (Å²) in [4.78, 5) is 34.7. The van der Waals surface area contributed by atoms with E-state index in [1.807, 2.05) is 19.9 Å². The highest BCUT2D eigenvalue weighted by atomic mass is 16.5. The predicted molar refractivity (Wildman–Crippen MR) is 80.0 cm³/mol. The van der Waals surface area contributed by atoms with Crippen molar-refractivity contribution < 1.29 is 24.2 Å². The number of hydrogen-bond donors (Lipinski definition) is 1. The second-order valence-electron chi connectivity index (χ2n) is 6.53. The average Bonchev–Trinajstić information content (AvgIpc) is 2.42. The third-order valence-electron chi connectivity index (χ3n) is 5.20. The van der Waals surface area contributed by atoms with Crippen molar-refractivity contribution in [3.05, 3.63) is 23.8 Å². The van der Waals surface area contributed by atoms with Gasteiger partial charge >= 0.3 is 11.9 Å². The summed E-state index contributed by atoms with van der Waals surface area (Å²) in [6.45, 7) is 8.81. The molecule has 4 unspecified atom stereocenters. The molecule has 1 saturated carbocycles. The lowest BCUT2D eigenvalue weighted by Gasteiger charge is -2.48. The number of hydrogen-bond acceptors (Lipinski definition) is 4. The number of allylic oxidation sites excluding steroid dienone is 1. The molecule has 5 heteroatoms. The molecule has 0 bridgehead atoms. The largest absolute Gasteiger partial charge is 0.478 e. The Morgan fingerprint density at radius 3 is 2.64 bits per heavy atom. The third kappa shape index (κ3) is 2.72.